The third kappa shape index (κ3) is 0.968. The van der Waals surface area contributed by atoms with Crippen molar-refractivity contribution in [1.82, 2.24) is 0 Å². The van der Waals surface area contributed by atoms with Gasteiger partial charge in [-0.3, -0.25) is 0 Å². The Morgan fingerprint density at radius 2 is 1.74 bits per heavy atom. The van der Waals surface area contributed by atoms with Crippen LogP contribution in [0.5, 0.6) is 0 Å². The van der Waals surface area contributed by atoms with Crippen molar-refractivity contribution in [1.29, 1.82) is 0 Å². The topological polar surface area (TPSA) is 0 Å². The molecule has 4 saturated carbocycles. The fourth-order valence-electron chi connectivity index (χ4n) is 8.72. The quantitative estimate of drug-likeness (QED) is 0.613. The monoisotopic (exact) mass is 260 g/mol. The molecule has 0 bridgehead atoms. The largest absolute Gasteiger partial charge is 0.0651 e. The van der Waals surface area contributed by atoms with Crippen molar-refractivity contribution >= 4 is 0 Å². The molecule has 0 radical (unpaired) electrons. The third-order valence-electron chi connectivity index (χ3n) is 9.11. The maximum absolute atomic E-state index is 2.72. The highest BCUT2D eigenvalue weighted by Crippen LogP contribution is 2.92. The fraction of sp³-hybridized carbons (Fsp3) is 1.00. The van der Waals surface area contributed by atoms with E-state index < -0.39 is 0 Å². The highest BCUT2D eigenvalue weighted by molar-refractivity contribution is 5.34. The first-order valence-corrected chi connectivity index (χ1v) is 9.10. The number of rotatable bonds is 3. The molecule has 1 spiro atoms. The molecule has 4 rings (SSSR count). The van der Waals surface area contributed by atoms with Crippen molar-refractivity contribution in [2.24, 2.45) is 39.9 Å². The summed E-state index contributed by atoms with van der Waals surface area (Å²) in [5.41, 5.74) is 2.28. The molecular weight excluding hydrogens is 228 g/mol. The third-order valence-corrected chi connectivity index (χ3v) is 9.11. The molecule has 4 aliphatic carbocycles. The van der Waals surface area contributed by atoms with Crippen LogP contribution in [0.4, 0.5) is 0 Å². The van der Waals surface area contributed by atoms with Crippen molar-refractivity contribution in [3.63, 3.8) is 0 Å². The molecule has 0 amide bonds. The van der Waals surface area contributed by atoms with Crippen LogP contribution in [0.3, 0.4) is 0 Å². The molecule has 19 heavy (non-hydrogen) atoms. The van der Waals surface area contributed by atoms with Gasteiger partial charge in [0.05, 0.1) is 0 Å². The second kappa shape index (κ2) is 3.60. The van der Waals surface area contributed by atoms with E-state index in [0.717, 1.165) is 39.9 Å². The Morgan fingerprint density at radius 1 is 1.05 bits per heavy atom. The summed E-state index contributed by atoms with van der Waals surface area (Å²) in [5.74, 6) is 4.27. The van der Waals surface area contributed by atoms with Gasteiger partial charge in [-0.05, 0) is 59.2 Å². The molecular formula is C19H32. The van der Waals surface area contributed by atoms with E-state index in [1.807, 2.05) is 0 Å². The van der Waals surface area contributed by atoms with E-state index in [1.165, 1.54) is 25.7 Å². The van der Waals surface area contributed by atoms with Gasteiger partial charge >= 0.3 is 0 Å². The second-order valence-electron chi connectivity index (χ2n) is 8.59. The minimum atomic E-state index is 0.724. The summed E-state index contributed by atoms with van der Waals surface area (Å²) in [4.78, 5) is 0. The molecule has 4 fully saturated rings. The summed E-state index contributed by atoms with van der Waals surface area (Å²) >= 11 is 0. The number of hydrogen-bond acceptors (Lipinski definition) is 0. The summed E-state index contributed by atoms with van der Waals surface area (Å²) in [7, 11) is 0. The molecule has 0 aromatic heterocycles. The Bertz CT molecular complexity index is 389. The number of hydrogen-bond donors (Lipinski definition) is 0. The lowest BCUT2D eigenvalue weighted by Gasteiger charge is -2.91. The maximum Gasteiger partial charge on any atom is -0.0153 e. The predicted octanol–water partition coefficient (Wildman–Crippen LogP) is 5.67. The van der Waals surface area contributed by atoms with Crippen molar-refractivity contribution in [3.8, 4) is 0 Å². The van der Waals surface area contributed by atoms with Gasteiger partial charge in [0.1, 0.15) is 0 Å². The Labute approximate surface area is 119 Å². The standard InChI is InChI=1S/C19H32/c1-5-15-13(3)19(6-2)17(15,4)16(14-9-7-10-14)18(19)11-8-12-18/h13-16H,5-12H2,1-4H3. The summed E-state index contributed by atoms with van der Waals surface area (Å²) in [6.45, 7) is 10.3. The van der Waals surface area contributed by atoms with Crippen LogP contribution >= 0.6 is 0 Å². The van der Waals surface area contributed by atoms with Crippen LogP contribution in [0.1, 0.15) is 79.1 Å². The van der Waals surface area contributed by atoms with E-state index in [0.29, 0.717) is 0 Å². The first kappa shape index (κ1) is 12.7. The Morgan fingerprint density at radius 3 is 2.11 bits per heavy atom. The van der Waals surface area contributed by atoms with Gasteiger partial charge in [0.15, 0.2) is 0 Å². The van der Waals surface area contributed by atoms with E-state index in [4.69, 9.17) is 0 Å². The van der Waals surface area contributed by atoms with Gasteiger partial charge in [-0.25, -0.2) is 0 Å². The molecule has 4 aliphatic rings. The van der Waals surface area contributed by atoms with Crippen LogP contribution < -0.4 is 0 Å². The number of fused-ring (bicyclic) bond motifs is 2. The summed E-state index contributed by atoms with van der Waals surface area (Å²) < 4.78 is 0. The normalized spacial score (nSPS) is 54.6. The lowest BCUT2D eigenvalue weighted by molar-refractivity contribution is -0.441. The summed E-state index contributed by atoms with van der Waals surface area (Å²) in [6, 6.07) is 0. The van der Waals surface area contributed by atoms with Gasteiger partial charge in [0.2, 0.25) is 0 Å². The average Bonchev–Trinajstić information content (AvgIpc) is 2.28. The van der Waals surface area contributed by atoms with Gasteiger partial charge in [-0.15, -0.1) is 0 Å². The molecule has 5 unspecified atom stereocenters. The predicted molar refractivity (Wildman–Crippen MR) is 80.9 cm³/mol. The Kier molecular flexibility index (Phi) is 2.41. The summed E-state index contributed by atoms with van der Waals surface area (Å²) in [6.07, 6.45) is 12.2. The van der Waals surface area contributed by atoms with E-state index in [-0.39, 0.29) is 0 Å². The molecule has 0 aromatic carbocycles. The van der Waals surface area contributed by atoms with Crippen LogP contribution in [-0.2, 0) is 0 Å². The lowest BCUT2D eigenvalue weighted by atomic mass is 9.13. The second-order valence-corrected chi connectivity index (χ2v) is 8.59. The van der Waals surface area contributed by atoms with E-state index in [9.17, 15) is 0 Å². The smallest absolute Gasteiger partial charge is 0.0153 e. The molecule has 0 aliphatic heterocycles. The van der Waals surface area contributed by atoms with Crippen molar-refractivity contribution < 1.29 is 0 Å². The lowest BCUT2D eigenvalue weighted by Crippen LogP contribution is -2.86. The Hall–Kier alpha value is 0. The van der Waals surface area contributed by atoms with E-state index >= 15 is 0 Å². The first-order chi connectivity index (χ1) is 9.10. The van der Waals surface area contributed by atoms with Crippen LogP contribution in [0.25, 0.3) is 0 Å². The van der Waals surface area contributed by atoms with Gasteiger partial charge in [0.25, 0.3) is 0 Å². The van der Waals surface area contributed by atoms with E-state index in [2.05, 4.69) is 27.7 Å². The minimum Gasteiger partial charge on any atom is -0.0651 e. The molecule has 0 aromatic rings. The molecule has 0 heteroatoms. The van der Waals surface area contributed by atoms with E-state index in [1.54, 1.807) is 25.7 Å². The minimum absolute atomic E-state index is 0.724. The zero-order valence-electron chi connectivity index (χ0n) is 13.5. The highest BCUT2D eigenvalue weighted by Gasteiger charge is 2.87. The maximum atomic E-state index is 2.72. The molecule has 0 saturated heterocycles. The molecule has 5 atom stereocenters. The fourth-order valence-corrected chi connectivity index (χ4v) is 8.72. The van der Waals surface area contributed by atoms with Gasteiger partial charge < -0.3 is 0 Å². The van der Waals surface area contributed by atoms with Crippen LogP contribution in [0.15, 0.2) is 0 Å². The SMILES string of the molecule is CCC1C(C)C2(CC)C3(CCC3)C(C3CCC3)C12C. The van der Waals surface area contributed by atoms with Crippen LogP contribution in [0, 0.1) is 39.9 Å². The first-order valence-electron chi connectivity index (χ1n) is 9.10. The molecule has 0 N–H and O–H groups in total. The van der Waals surface area contributed by atoms with Crippen LogP contribution in [0.2, 0.25) is 0 Å². The molecule has 108 valence electrons. The van der Waals surface area contributed by atoms with Crippen molar-refractivity contribution in [2.45, 2.75) is 79.1 Å². The molecule has 0 heterocycles. The average molecular weight is 260 g/mol. The van der Waals surface area contributed by atoms with Crippen molar-refractivity contribution in [2.75, 3.05) is 0 Å². The van der Waals surface area contributed by atoms with Gasteiger partial charge in [0, 0.05) is 0 Å². The summed E-state index contributed by atoms with van der Waals surface area (Å²) in [5, 5.41) is 0. The van der Waals surface area contributed by atoms with Crippen LogP contribution in [-0.4, -0.2) is 0 Å². The van der Waals surface area contributed by atoms with Crippen molar-refractivity contribution in [3.05, 3.63) is 0 Å². The molecule has 0 nitrogen and oxygen atoms in total. The van der Waals surface area contributed by atoms with Gasteiger partial charge in [-0.1, -0.05) is 59.8 Å². The van der Waals surface area contributed by atoms with Gasteiger partial charge in [-0.2, -0.15) is 0 Å². The zero-order valence-corrected chi connectivity index (χ0v) is 13.5. The zero-order chi connectivity index (χ0) is 13.5. The highest BCUT2D eigenvalue weighted by atomic mass is 14.9. The Balaban J connectivity index is 1.76.